The molecule has 0 bridgehead atoms. The zero-order valence-corrected chi connectivity index (χ0v) is 12.1. The minimum atomic E-state index is -3.56. The van der Waals surface area contributed by atoms with E-state index in [-0.39, 0.29) is 23.0 Å². The summed E-state index contributed by atoms with van der Waals surface area (Å²) in [5.41, 5.74) is 0.769. The summed E-state index contributed by atoms with van der Waals surface area (Å²) in [6, 6.07) is 6.12. The molecule has 0 saturated heterocycles. The highest BCUT2D eigenvalue weighted by molar-refractivity contribution is 7.90. The number of sulfone groups is 1. The van der Waals surface area contributed by atoms with E-state index in [9.17, 15) is 13.2 Å². The number of carboxylic acids is 1. The van der Waals surface area contributed by atoms with Crippen LogP contribution in [0.25, 0.3) is 0 Å². The second kappa shape index (κ2) is 6.04. The number of aromatic nitrogens is 2. The molecule has 0 unspecified atom stereocenters. The van der Waals surface area contributed by atoms with Crippen molar-refractivity contribution in [2.45, 2.75) is 30.4 Å². The highest BCUT2D eigenvalue weighted by atomic mass is 32.2. The topological polar surface area (TPSA) is 110 Å². The lowest BCUT2D eigenvalue weighted by Gasteiger charge is -2.03. The second-order valence-corrected chi connectivity index (χ2v) is 6.50. The van der Waals surface area contributed by atoms with E-state index in [2.05, 4.69) is 10.2 Å². The summed E-state index contributed by atoms with van der Waals surface area (Å²) < 4.78 is 29.4. The molecule has 7 nitrogen and oxygen atoms in total. The number of aliphatic carboxylic acids is 1. The van der Waals surface area contributed by atoms with Crippen LogP contribution in [0.5, 0.6) is 0 Å². The van der Waals surface area contributed by atoms with Gasteiger partial charge in [-0.25, -0.2) is 8.42 Å². The Morgan fingerprint density at radius 1 is 1.24 bits per heavy atom. The van der Waals surface area contributed by atoms with Crippen LogP contribution >= 0.6 is 0 Å². The Hall–Kier alpha value is -2.22. The Labute approximate surface area is 121 Å². The quantitative estimate of drug-likeness (QED) is 0.857. The standard InChI is InChI=1S/C13H14N2O5S/c1-9-14-15-12(20-9)8-21(18,19)11-5-2-10(3-6-11)4-7-13(16)17/h2-3,5-6H,4,7-8H2,1H3,(H,16,17). The predicted octanol–water partition coefficient (Wildman–Crippen LogP) is 1.37. The first-order valence-electron chi connectivity index (χ1n) is 6.19. The monoisotopic (exact) mass is 310 g/mol. The zero-order valence-electron chi connectivity index (χ0n) is 11.3. The molecule has 0 atom stereocenters. The van der Waals surface area contributed by atoms with Crippen molar-refractivity contribution >= 4 is 15.8 Å². The Bertz CT molecular complexity index is 734. The van der Waals surface area contributed by atoms with Gasteiger partial charge in [0.05, 0.1) is 4.90 Å². The van der Waals surface area contributed by atoms with Crippen LogP contribution in [0.15, 0.2) is 33.6 Å². The lowest BCUT2D eigenvalue weighted by atomic mass is 10.1. The van der Waals surface area contributed by atoms with Crippen molar-refractivity contribution in [3.05, 3.63) is 41.6 Å². The molecule has 0 amide bonds. The van der Waals surface area contributed by atoms with Gasteiger partial charge in [0.15, 0.2) is 9.84 Å². The van der Waals surface area contributed by atoms with E-state index >= 15 is 0 Å². The van der Waals surface area contributed by atoms with Crippen LogP contribution in [0.2, 0.25) is 0 Å². The van der Waals surface area contributed by atoms with Crippen molar-refractivity contribution in [3.8, 4) is 0 Å². The summed E-state index contributed by atoms with van der Waals surface area (Å²) in [7, 11) is -3.56. The lowest BCUT2D eigenvalue weighted by Crippen LogP contribution is -2.05. The van der Waals surface area contributed by atoms with Crippen molar-refractivity contribution in [1.29, 1.82) is 0 Å². The van der Waals surface area contributed by atoms with Gasteiger partial charge >= 0.3 is 5.97 Å². The van der Waals surface area contributed by atoms with Gasteiger partial charge in [0.1, 0.15) is 5.75 Å². The van der Waals surface area contributed by atoms with Crippen molar-refractivity contribution in [3.63, 3.8) is 0 Å². The van der Waals surface area contributed by atoms with Crippen molar-refractivity contribution in [2.24, 2.45) is 0 Å². The van der Waals surface area contributed by atoms with E-state index in [1.807, 2.05) is 0 Å². The average Bonchev–Trinajstić information content (AvgIpc) is 2.81. The van der Waals surface area contributed by atoms with Crippen LogP contribution in [0.3, 0.4) is 0 Å². The summed E-state index contributed by atoms with van der Waals surface area (Å²) in [5.74, 6) is -0.896. The van der Waals surface area contributed by atoms with Gasteiger partial charge in [-0.1, -0.05) is 12.1 Å². The maximum absolute atomic E-state index is 12.2. The van der Waals surface area contributed by atoms with Crippen LogP contribution in [0.1, 0.15) is 23.8 Å². The molecule has 112 valence electrons. The van der Waals surface area contributed by atoms with Gasteiger partial charge in [-0.05, 0) is 24.1 Å². The number of carboxylic acid groups (broad SMARTS) is 1. The Balaban J connectivity index is 2.11. The largest absolute Gasteiger partial charge is 0.481 e. The minimum Gasteiger partial charge on any atom is -0.481 e. The first-order chi connectivity index (χ1) is 9.87. The third-order valence-corrected chi connectivity index (χ3v) is 4.41. The smallest absolute Gasteiger partial charge is 0.303 e. The first kappa shape index (κ1) is 15.2. The van der Waals surface area contributed by atoms with Crippen LogP contribution in [0.4, 0.5) is 0 Å². The van der Waals surface area contributed by atoms with E-state index in [0.717, 1.165) is 5.56 Å². The molecule has 1 aromatic carbocycles. The second-order valence-electron chi connectivity index (χ2n) is 4.51. The SMILES string of the molecule is Cc1nnc(CS(=O)(=O)c2ccc(CCC(=O)O)cc2)o1. The molecule has 0 radical (unpaired) electrons. The van der Waals surface area contributed by atoms with Crippen LogP contribution in [0, 0.1) is 6.92 Å². The maximum Gasteiger partial charge on any atom is 0.303 e. The number of benzene rings is 1. The molecule has 21 heavy (non-hydrogen) atoms. The number of hydrogen-bond donors (Lipinski definition) is 1. The maximum atomic E-state index is 12.2. The molecule has 0 spiro atoms. The van der Waals surface area contributed by atoms with E-state index in [1.165, 1.54) is 12.1 Å². The fraction of sp³-hybridized carbons (Fsp3) is 0.308. The molecule has 0 fully saturated rings. The normalized spacial score (nSPS) is 11.5. The molecule has 0 saturated carbocycles. The average molecular weight is 310 g/mol. The van der Waals surface area contributed by atoms with Crippen molar-refractivity contribution in [1.82, 2.24) is 10.2 Å². The molecular formula is C13H14N2O5S. The van der Waals surface area contributed by atoms with Gasteiger partial charge in [-0.15, -0.1) is 10.2 Å². The number of aryl methyl sites for hydroxylation is 2. The molecule has 1 N–H and O–H groups in total. The molecule has 0 aliphatic rings. The Morgan fingerprint density at radius 2 is 1.90 bits per heavy atom. The summed E-state index contributed by atoms with van der Waals surface area (Å²) in [6.45, 7) is 1.58. The Morgan fingerprint density at radius 3 is 2.43 bits per heavy atom. The summed E-state index contributed by atoms with van der Waals surface area (Å²) in [4.78, 5) is 10.6. The highest BCUT2D eigenvalue weighted by Crippen LogP contribution is 2.17. The van der Waals surface area contributed by atoms with E-state index in [1.54, 1.807) is 19.1 Å². The van der Waals surface area contributed by atoms with Gasteiger partial charge in [-0.3, -0.25) is 4.79 Å². The summed E-state index contributed by atoms with van der Waals surface area (Å²) in [6.07, 6.45) is 0.367. The van der Waals surface area contributed by atoms with Gasteiger partial charge in [0, 0.05) is 13.3 Å². The first-order valence-corrected chi connectivity index (χ1v) is 7.84. The van der Waals surface area contributed by atoms with Gasteiger partial charge < -0.3 is 9.52 Å². The lowest BCUT2D eigenvalue weighted by molar-refractivity contribution is -0.136. The number of hydrogen-bond acceptors (Lipinski definition) is 6. The van der Waals surface area contributed by atoms with Gasteiger partial charge in [0.25, 0.3) is 0 Å². The van der Waals surface area contributed by atoms with E-state index in [0.29, 0.717) is 12.3 Å². The third-order valence-electron chi connectivity index (χ3n) is 2.79. The van der Waals surface area contributed by atoms with E-state index < -0.39 is 15.8 Å². The van der Waals surface area contributed by atoms with Gasteiger partial charge in [0.2, 0.25) is 11.8 Å². The Kier molecular flexibility index (Phi) is 4.37. The fourth-order valence-corrected chi connectivity index (χ4v) is 2.92. The van der Waals surface area contributed by atoms with E-state index in [4.69, 9.17) is 9.52 Å². The molecule has 1 aromatic heterocycles. The highest BCUT2D eigenvalue weighted by Gasteiger charge is 2.19. The summed E-state index contributed by atoms with van der Waals surface area (Å²) >= 11 is 0. The number of rotatable bonds is 6. The number of nitrogens with zero attached hydrogens (tertiary/aromatic N) is 2. The minimum absolute atomic E-state index is 0.00730. The summed E-state index contributed by atoms with van der Waals surface area (Å²) in [5, 5.41) is 15.9. The fourth-order valence-electron chi connectivity index (χ4n) is 1.76. The zero-order chi connectivity index (χ0) is 15.5. The molecule has 0 aliphatic carbocycles. The molecule has 2 aromatic rings. The van der Waals surface area contributed by atoms with Crippen molar-refractivity contribution < 1.29 is 22.7 Å². The molecule has 2 rings (SSSR count). The predicted molar refractivity (Wildman–Crippen MR) is 72.3 cm³/mol. The number of carbonyl (C=O) groups is 1. The van der Waals surface area contributed by atoms with Gasteiger partial charge in [-0.2, -0.15) is 0 Å². The van der Waals surface area contributed by atoms with Crippen LogP contribution in [-0.4, -0.2) is 29.7 Å². The third kappa shape index (κ3) is 4.12. The van der Waals surface area contributed by atoms with Crippen LogP contribution in [-0.2, 0) is 26.8 Å². The molecule has 8 heteroatoms. The van der Waals surface area contributed by atoms with Crippen molar-refractivity contribution in [2.75, 3.05) is 0 Å². The molecule has 0 aliphatic heterocycles. The molecular weight excluding hydrogens is 296 g/mol. The molecule has 1 heterocycles. The van der Waals surface area contributed by atoms with Crippen LogP contribution < -0.4 is 0 Å².